The van der Waals surface area contributed by atoms with Gasteiger partial charge in [0.1, 0.15) is 0 Å². The topological polar surface area (TPSA) is 52.7 Å². The number of nitrogens with zero attached hydrogens (tertiary/aromatic N) is 2. The highest BCUT2D eigenvalue weighted by atomic mass is 35.5. The Bertz CT molecular complexity index is 539. The number of carbonyl (C=O) groups excluding carboxylic acids is 2. The number of hydrogen-bond donors (Lipinski definition) is 1. The molecule has 0 atom stereocenters. The van der Waals surface area contributed by atoms with Crippen LogP contribution in [0.4, 0.5) is 0 Å². The van der Waals surface area contributed by atoms with E-state index >= 15 is 0 Å². The van der Waals surface area contributed by atoms with E-state index in [4.69, 9.17) is 0 Å². The Kier molecular flexibility index (Phi) is 6.42. The third kappa shape index (κ3) is 4.45. The van der Waals surface area contributed by atoms with Crippen molar-refractivity contribution in [1.29, 1.82) is 0 Å². The maximum absolute atomic E-state index is 12.5. The minimum absolute atomic E-state index is 0. The molecule has 0 saturated carbocycles. The fourth-order valence-corrected chi connectivity index (χ4v) is 3.08. The summed E-state index contributed by atoms with van der Waals surface area (Å²) in [6.45, 7) is 4.92. The third-order valence-electron chi connectivity index (χ3n) is 4.37. The minimum Gasteiger partial charge on any atom is -0.338 e. The van der Waals surface area contributed by atoms with E-state index in [1.54, 1.807) is 0 Å². The van der Waals surface area contributed by atoms with Crippen molar-refractivity contribution < 1.29 is 9.59 Å². The molecular formula is C17H24ClN3O2. The second kappa shape index (κ2) is 8.31. The van der Waals surface area contributed by atoms with Crippen LogP contribution >= 0.6 is 12.4 Å². The highest BCUT2D eigenvalue weighted by molar-refractivity contribution is 5.94. The predicted molar refractivity (Wildman–Crippen MR) is 91.7 cm³/mol. The lowest BCUT2D eigenvalue weighted by molar-refractivity contribution is -0.128. The average Bonchev–Trinajstić information content (AvgIpc) is 2.79. The number of halogens is 1. The second-order valence-corrected chi connectivity index (χ2v) is 6.01. The van der Waals surface area contributed by atoms with E-state index in [-0.39, 0.29) is 24.2 Å². The van der Waals surface area contributed by atoms with Gasteiger partial charge in [0.25, 0.3) is 5.91 Å². The van der Waals surface area contributed by atoms with Crippen molar-refractivity contribution >= 4 is 24.2 Å². The van der Waals surface area contributed by atoms with Gasteiger partial charge in [-0.15, -0.1) is 12.4 Å². The molecule has 0 aliphatic carbocycles. The van der Waals surface area contributed by atoms with E-state index in [0.717, 1.165) is 56.7 Å². The molecule has 0 spiro atoms. The smallest absolute Gasteiger partial charge is 0.253 e. The molecule has 0 bridgehead atoms. The summed E-state index contributed by atoms with van der Waals surface area (Å²) in [6.07, 6.45) is 2.62. The molecule has 0 aromatic heterocycles. The molecule has 3 rings (SSSR count). The molecule has 126 valence electrons. The summed E-state index contributed by atoms with van der Waals surface area (Å²) in [7, 11) is 0. The minimum atomic E-state index is 0. The van der Waals surface area contributed by atoms with Gasteiger partial charge in [0.2, 0.25) is 5.91 Å². The highest BCUT2D eigenvalue weighted by Crippen LogP contribution is 2.15. The molecule has 2 saturated heterocycles. The van der Waals surface area contributed by atoms with Crippen LogP contribution in [0.5, 0.6) is 0 Å². The van der Waals surface area contributed by atoms with E-state index in [9.17, 15) is 9.59 Å². The van der Waals surface area contributed by atoms with Crippen LogP contribution in [0.1, 0.15) is 35.2 Å². The van der Waals surface area contributed by atoms with E-state index in [1.165, 1.54) is 0 Å². The van der Waals surface area contributed by atoms with Crippen molar-refractivity contribution in [2.24, 2.45) is 0 Å². The Morgan fingerprint density at radius 2 is 1.83 bits per heavy atom. The number of likely N-dealkylation sites (tertiary alicyclic amines) is 1. The van der Waals surface area contributed by atoms with Gasteiger partial charge in [-0.25, -0.2) is 0 Å². The van der Waals surface area contributed by atoms with Gasteiger partial charge < -0.3 is 15.1 Å². The summed E-state index contributed by atoms with van der Waals surface area (Å²) in [6, 6.07) is 7.71. The average molecular weight is 338 g/mol. The third-order valence-corrected chi connectivity index (χ3v) is 4.37. The lowest BCUT2D eigenvalue weighted by Crippen LogP contribution is -2.34. The number of carbonyl (C=O) groups is 2. The van der Waals surface area contributed by atoms with Gasteiger partial charge in [0, 0.05) is 44.7 Å². The number of hydrogen-bond acceptors (Lipinski definition) is 3. The normalized spacial score (nSPS) is 18.5. The standard InChI is InChI=1S/C17H23N3O2.ClH/c21-16-3-1-10-20(16)13-14-4-6-15(7-5-14)17(22)19-11-2-8-18-9-12-19;/h4-7,18H,1-3,8-13H2;1H. The number of rotatable bonds is 3. The van der Waals surface area contributed by atoms with Gasteiger partial charge in [-0.2, -0.15) is 0 Å². The summed E-state index contributed by atoms with van der Waals surface area (Å²) >= 11 is 0. The largest absolute Gasteiger partial charge is 0.338 e. The maximum Gasteiger partial charge on any atom is 0.253 e. The molecule has 2 fully saturated rings. The summed E-state index contributed by atoms with van der Waals surface area (Å²) in [4.78, 5) is 27.9. The molecule has 1 aromatic carbocycles. The first-order valence-corrected chi connectivity index (χ1v) is 8.11. The first-order chi connectivity index (χ1) is 10.7. The molecular weight excluding hydrogens is 314 g/mol. The zero-order valence-corrected chi connectivity index (χ0v) is 14.1. The van der Waals surface area contributed by atoms with Gasteiger partial charge in [0.15, 0.2) is 0 Å². The van der Waals surface area contributed by atoms with Crippen LogP contribution in [-0.4, -0.2) is 54.3 Å². The Morgan fingerprint density at radius 3 is 2.52 bits per heavy atom. The molecule has 2 aliphatic rings. The van der Waals surface area contributed by atoms with Crippen molar-refractivity contribution in [1.82, 2.24) is 15.1 Å². The van der Waals surface area contributed by atoms with Gasteiger partial charge in [-0.3, -0.25) is 9.59 Å². The number of nitrogens with one attached hydrogen (secondary N) is 1. The first-order valence-electron chi connectivity index (χ1n) is 8.11. The van der Waals surface area contributed by atoms with Gasteiger partial charge in [-0.1, -0.05) is 12.1 Å². The van der Waals surface area contributed by atoms with E-state index < -0.39 is 0 Å². The lowest BCUT2D eigenvalue weighted by Gasteiger charge is -2.20. The van der Waals surface area contributed by atoms with Crippen molar-refractivity contribution in [2.75, 3.05) is 32.7 Å². The Labute approximate surface area is 143 Å². The van der Waals surface area contributed by atoms with E-state index in [2.05, 4.69) is 5.32 Å². The molecule has 2 heterocycles. The van der Waals surface area contributed by atoms with Crippen LogP contribution in [0, 0.1) is 0 Å². The van der Waals surface area contributed by atoms with Gasteiger partial charge in [0.05, 0.1) is 0 Å². The van der Waals surface area contributed by atoms with Crippen LogP contribution in [0.2, 0.25) is 0 Å². The molecule has 2 aliphatic heterocycles. The fraction of sp³-hybridized carbons (Fsp3) is 0.529. The van der Waals surface area contributed by atoms with Crippen LogP contribution in [0.25, 0.3) is 0 Å². The molecule has 0 radical (unpaired) electrons. The van der Waals surface area contributed by atoms with Gasteiger partial charge in [-0.05, 0) is 37.1 Å². The molecule has 23 heavy (non-hydrogen) atoms. The SMILES string of the molecule is Cl.O=C1CCCN1Cc1ccc(C(=O)N2CCCNCC2)cc1. The van der Waals surface area contributed by atoms with Crippen LogP contribution in [-0.2, 0) is 11.3 Å². The monoisotopic (exact) mass is 337 g/mol. The molecule has 1 aromatic rings. The van der Waals surface area contributed by atoms with Gasteiger partial charge >= 0.3 is 0 Å². The van der Waals surface area contributed by atoms with Crippen LogP contribution in [0.15, 0.2) is 24.3 Å². The summed E-state index contributed by atoms with van der Waals surface area (Å²) in [5.41, 5.74) is 1.82. The lowest BCUT2D eigenvalue weighted by atomic mass is 10.1. The zero-order chi connectivity index (χ0) is 15.4. The Morgan fingerprint density at radius 1 is 1.04 bits per heavy atom. The number of benzene rings is 1. The second-order valence-electron chi connectivity index (χ2n) is 6.01. The van der Waals surface area contributed by atoms with Crippen LogP contribution < -0.4 is 5.32 Å². The van der Waals surface area contributed by atoms with Crippen molar-refractivity contribution in [3.05, 3.63) is 35.4 Å². The quantitative estimate of drug-likeness (QED) is 0.912. The highest BCUT2D eigenvalue weighted by Gasteiger charge is 2.20. The van der Waals surface area contributed by atoms with E-state index in [1.807, 2.05) is 34.1 Å². The first kappa shape index (κ1) is 17.8. The van der Waals surface area contributed by atoms with Crippen molar-refractivity contribution in [2.45, 2.75) is 25.8 Å². The maximum atomic E-state index is 12.5. The molecule has 2 amide bonds. The molecule has 1 N–H and O–H groups in total. The van der Waals surface area contributed by atoms with E-state index in [0.29, 0.717) is 13.0 Å². The Balaban J connectivity index is 0.00000192. The molecule has 0 unspecified atom stereocenters. The molecule has 5 nitrogen and oxygen atoms in total. The van der Waals surface area contributed by atoms with Crippen molar-refractivity contribution in [3.8, 4) is 0 Å². The Hall–Kier alpha value is -1.59. The fourth-order valence-electron chi connectivity index (χ4n) is 3.08. The van der Waals surface area contributed by atoms with Crippen molar-refractivity contribution in [3.63, 3.8) is 0 Å². The summed E-state index contributed by atoms with van der Waals surface area (Å²) < 4.78 is 0. The summed E-state index contributed by atoms with van der Waals surface area (Å²) in [5, 5.41) is 3.31. The summed E-state index contributed by atoms with van der Waals surface area (Å²) in [5.74, 6) is 0.338. The molecule has 6 heteroatoms. The zero-order valence-electron chi connectivity index (χ0n) is 13.3. The predicted octanol–water partition coefficient (Wildman–Crippen LogP) is 1.67. The van der Waals surface area contributed by atoms with Crippen LogP contribution in [0.3, 0.4) is 0 Å². The number of amides is 2.